The average molecular weight is 339 g/mol. The minimum atomic E-state index is -0.397. The number of phenols is 1. The first kappa shape index (κ1) is 19.0. The molecule has 134 valence electrons. The molecule has 25 heavy (non-hydrogen) atoms. The minimum Gasteiger partial charge on any atom is -0.507 e. The Balaban J connectivity index is 2.65. The molecule has 0 unspecified atom stereocenters. The summed E-state index contributed by atoms with van der Waals surface area (Å²) in [5, 5.41) is 10.5. The second-order valence-corrected chi connectivity index (χ2v) is 8.59. The van der Waals surface area contributed by atoms with E-state index in [0.29, 0.717) is 11.3 Å². The van der Waals surface area contributed by atoms with E-state index >= 15 is 0 Å². The Labute approximate surface area is 151 Å². The van der Waals surface area contributed by atoms with Crippen molar-refractivity contribution in [2.75, 3.05) is 4.90 Å². The first-order valence-corrected chi connectivity index (χ1v) is 8.66. The number of aromatic hydroxyl groups is 1. The molecule has 0 aliphatic heterocycles. The molecule has 1 N–H and O–H groups in total. The molecular formula is C22H29NO2. The molecule has 1 amide bonds. The van der Waals surface area contributed by atoms with E-state index in [4.69, 9.17) is 0 Å². The summed E-state index contributed by atoms with van der Waals surface area (Å²) in [6.45, 7) is 14.1. The maximum absolute atomic E-state index is 13.2. The van der Waals surface area contributed by atoms with E-state index in [2.05, 4.69) is 20.8 Å². The highest BCUT2D eigenvalue weighted by molar-refractivity contribution is 6.07. The molecule has 2 aromatic rings. The topological polar surface area (TPSA) is 40.5 Å². The average Bonchev–Trinajstić information content (AvgIpc) is 2.49. The molecule has 0 radical (unpaired) electrons. The van der Waals surface area contributed by atoms with Gasteiger partial charge in [-0.1, -0.05) is 39.0 Å². The highest BCUT2D eigenvalue weighted by atomic mass is 16.3. The van der Waals surface area contributed by atoms with E-state index in [1.165, 1.54) is 0 Å². The van der Waals surface area contributed by atoms with E-state index in [1.807, 2.05) is 75.1 Å². The maximum Gasteiger partial charge on any atom is 0.258 e. The summed E-state index contributed by atoms with van der Waals surface area (Å²) in [6, 6.07) is 13.1. The van der Waals surface area contributed by atoms with Gasteiger partial charge in [-0.3, -0.25) is 4.79 Å². The van der Waals surface area contributed by atoms with Gasteiger partial charge in [0, 0.05) is 22.4 Å². The van der Waals surface area contributed by atoms with Crippen LogP contribution < -0.4 is 4.90 Å². The first-order chi connectivity index (χ1) is 11.4. The van der Waals surface area contributed by atoms with Gasteiger partial charge in [-0.05, 0) is 62.9 Å². The third-order valence-electron chi connectivity index (χ3n) is 4.25. The third-order valence-corrected chi connectivity index (χ3v) is 4.25. The van der Waals surface area contributed by atoms with Crippen molar-refractivity contribution < 1.29 is 9.90 Å². The Bertz CT molecular complexity index is 765. The van der Waals surface area contributed by atoms with Crippen LogP contribution in [0.15, 0.2) is 42.5 Å². The van der Waals surface area contributed by atoms with Crippen molar-refractivity contribution in [1.29, 1.82) is 0 Å². The van der Waals surface area contributed by atoms with Gasteiger partial charge >= 0.3 is 0 Å². The molecule has 2 aromatic carbocycles. The Morgan fingerprint density at radius 3 is 2.00 bits per heavy atom. The van der Waals surface area contributed by atoms with Crippen molar-refractivity contribution >= 4 is 11.6 Å². The lowest BCUT2D eigenvalue weighted by Crippen LogP contribution is -2.46. The number of hydrogen-bond acceptors (Lipinski definition) is 2. The monoisotopic (exact) mass is 339 g/mol. The fourth-order valence-electron chi connectivity index (χ4n) is 2.98. The van der Waals surface area contributed by atoms with E-state index in [9.17, 15) is 9.90 Å². The van der Waals surface area contributed by atoms with Gasteiger partial charge in [0.2, 0.25) is 0 Å². The van der Waals surface area contributed by atoms with Gasteiger partial charge in [-0.2, -0.15) is 0 Å². The molecule has 0 fully saturated rings. The van der Waals surface area contributed by atoms with Crippen LogP contribution in [0.5, 0.6) is 5.75 Å². The standard InChI is InChI=1S/C22H29NO2/c1-15-13-17(14-18(19(15)24)21(2,3)4)23(22(5,6)7)20(25)16-11-9-8-10-12-16/h8-14,24H,1-7H3. The summed E-state index contributed by atoms with van der Waals surface area (Å²) in [5.74, 6) is 0.260. The van der Waals surface area contributed by atoms with E-state index in [1.54, 1.807) is 0 Å². The van der Waals surface area contributed by atoms with Crippen molar-refractivity contribution in [3.8, 4) is 5.75 Å². The molecule has 0 bridgehead atoms. The quantitative estimate of drug-likeness (QED) is 0.791. The Morgan fingerprint density at radius 2 is 1.52 bits per heavy atom. The lowest BCUT2D eigenvalue weighted by atomic mass is 9.84. The molecule has 0 saturated heterocycles. The van der Waals surface area contributed by atoms with Gasteiger partial charge in [0.25, 0.3) is 5.91 Å². The van der Waals surface area contributed by atoms with Crippen LogP contribution in [0.4, 0.5) is 5.69 Å². The Kier molecular flexibility index (Phi) is 4.99. The van der Waals surface area contributed by atoms with Gasteiger partial charge in [0.15, 0.2) is 0 Å². The zero-order chi connectivity index (χ0) is 19.0. The predicted octanol–water partition coefficient (Wildman–Crippen LogP) is 5.44. The molecule has 3 heteroatoms. The number of amides is 1. The SMILES string of the molecule is Cc1cc(N(C(=O)c2ccccc2)C(C)(C)C)cc(C(C)(C)C)c1O. The first-order valence-electron chi connectivity index (χ1n) is 8.66. The largest absolute Gasteiger partial charge is 0.507 e. The number of anilines is 1. The molecule has 0 atom stereocenters. The van der Waals surface area contributed by atoms with Crippen LogP contribution in [-0.4, -0.2) is 16.6 Å². The molecule has 0 spiro atoms. The molecular weight excluding hydrogens is 310 g/mol. The summed E-state index contributed by atoms with van der Waals surface area (Å²) in [7, 11) is 0. The van der Waals surface area contributed by atoms with Crippen molar-refractivity contribution in [1.82, 2.24) is 0 Å². The third kappa shape index (κ3) is 4.04. The van der Waals surface area contributed by atoms with Gasteiger partial charge in [-0.25, -0.2) is 0 Å². The number of carbonyl (C=O) groups excluding carboxylic acids is 1. The smallest absolute Gasteiger partial charge is 0.258 e. The molecule has 0 saturated carbocycles. The van der Waals surface area contributed by atoms with Crippen LogP contribution >= 0.6 is 0 Å². The van der Waals surface area contributed by atoms with Crippen LogP contribution in [0.1, 0.15) is 63.0 Å². The van der Waals surface area contributed by atoms with Gasteiger partial charge < -0.3 is 10.0 Å². The zero-order valence-corrected chi connectivity index (χ0v) is 16.3. The van der Waals surface area contributed by atoms with Crippen molar-refractivity contribution in [3.63, 3.8) is 0 Å². The van der Waals surface area contributed by atoms with Crippen LogP contribution in [0.3, 0.4) is 0 Å². The molecule has 2 rings (SSSR count). The predicted molar refractivity (Wildman–Crippen MR) is 105 cm³/mol. The highest BCUT2D eigenvalue weighted by Crippen LogP contribution is 2.38. The molecule has 0 aliphatic rings. The van der Waals surface area contributed by atoms with Crippen molar-refractivity contribution in [2.45, 2.75) is 59.4 Å². The van der Waals surface area contributed by atoms with Crippen molar-refractivity contribution in [2.24, 2.45) is 0 Å². The van der Waals surface area contributed by atoms with Gasteiger partial charge in [-0.15, -0.1) is 0 Å². The fraction of sp³-hybridized carbons (Fsp3) is 0.409. The summed E-state index contributed by atoms with van der Waals surface area (Å²) in [6.07, 6.45) is 0. The molecule has 0 aromatic heterocycles. The molecule has 0 aliphatic carbocycles. The van der Waals surface area contributed by atoms with E-state index in [0.717, 1.165) is 16.8 Å². The van der Waals surface area contributed by atoms with Crippen LogP contribution in [0.25, 0.3) is 0 Å². The lowest BCUT2D eigenvalue weighted by molar-refractivity contribution is 0.0965. The number of hydrogen-bond donors (Lipinski definition) is 1. The van der Waals surface area contributed by atoms with Crippen molar-refractivity contribution in [3.05, 3.63) is 59.2 Å². The van der Waals surface area contributed by atoms with Crippen LogP contribution in [0, 0.1) is 6.92 Å². The highest BCUT2D eigenvalue weighted by Gasteiger charge is 2.31. The second kappa shape index (κ2) is 6.55. The van der Waals surface area contributed by atoms with E-state index < -0.39 is 5.54 Å². The van der Waals surface area contributed by atoms with E-state index in [-0.39, 0.29) is 11.3 Å². The summed E-state index contributed by atoms with van der Waals surface area (Å²) >= 11 is 0. The summed E-state index contributed by atoms with van der Waals surface area (Å²) in [5.41, 5.74) is 2.47. The Morgan fingerprint density at radius 1 is 0.960 bits per heavy atom. The van der Waals surface area contributed by atoms with Crippen LogP contribution in [0.2, 0.25) is 0 Å². The maximum atomic E-state index is 13.2. The molecule has 3 nitrogen and oxygen atoms in total. The van der Waals surface area contributed by atoms with Crippen LogP contribution in [-0.2, 0) is 5.41 Å². The lowest BCUT2D eigenvalue weighted by Gasteiger charge is -2.37. The second-order valence-electron chi connectivity index (χ2n) is 8.59. The molecule has 0 heterocycles. The number of rotatable bonds is 2. The van der Waals surface area contributed by atoms with Gasteiger partial charge in [0.1, 0.15) is 5.75 Å². The zero-order valence-electron chi connectivity index (χ0n) is 16.3. The number of phenolic OH excluding ortho intramolecular Hbond substituents is 1. The Hall–Kier alpha value is -2.29. The fourth-order valence-corrected chi connectivity index (χ4v) is 2.98. The summed E-state index contributed by atoms with van der Waals surface area (Å²) in [4.78, 5) is 15.0. The van der Waals surface area contributed by atoms with Gasteiger partial charge in [0.05, 0.1) is 0 Å². The number of aryl methyl sites for hydroxylation is 1. The number of nitrogens with zero attached hydrogens (tertiary/aromatic N) is 1. The summed E-state index contributed by atoms with van der Waals surface area (Å²) < 4.78 is 0. The number of carbonyl (C=O) groups is 1. The normalized spacial score (nSPS) is 12.1. The minimum absolute atomic E-state index is 0.0435. The number of benzene rings is 2.